The monoisotopic (exact) mass is 273 g/mol. The number of aromatic nitrogens is 2. The summed E-state index contributed by atoms with van der Waals surface area (Å²) in [7, 11) is 0. The van der Waals surface area contributed by atoms with Crippen LogP contribution >= 0.6 is 0 Å². The molecule has 2 rings (SSSR count). The summed E-state index contributed by atoms with van der Waals surface area (Å²) in [5, 5.41) is 0. The number of hydrogen-bond donors (Lipinski definition) is 2. The maximum absolute atomic E-state index is 11.5. The minimum Gasteiger partial charge on any atom is -0.493 e. The van der Waals surface area contributed by atoms with Gasteiger partial charge in [-0.05, 0) is 18.6 Å². The van der Waals surface area contributed by atoms with E-state index in [-0.39, 0.29) is 5.69 Å². The summed E-state index contributed by atoms with van der Waals surface area (Å²) in [6.07, 6.45) is 3.71. The lowest BCUT2D eigenvalue weighted by Crippen LogP contribution is -2.20. The van der Waals surface area contributed by atoms with E-state index in [9.17, 15) is 9.59 Å². The molecule has 0 spiro atoms. The van der Waals surface area contributed by atoms with E-state index in [1.54, 1.807) is 0 Å². The molecule has 0 unspecified atom stereocenters. The molecule has 2 aromatic rings. The lowest BCUT2D eigenvalue weighted by atomic mass is 10.2. The Morgan fingerprint density at radius 3 is 2.85 bits per heavy atom. The van der Waals surface area contributed by atoms with Gasteiger partial charge in [-0.2, -0.15) is 0 Å². The highest BCUT2D eigenvalue weighted by Crippen LogP contribution is 2.16. The van der Waals surface area contributed by atoms with Gasteiger partial charge in [0.2, 0.25) is 0 Å². The molecule has 0 radical (unpaired) electrons. The average Bonchev–Trinajstić information content (AvgIpc) is 2.45. The Balaban J connectivity index is 2.27. The van der Waals surface area contributed by atoms with E-state index in [0.29, 0.717) is 12.4 Å². The number of rotatable bonds is 5. The molecule has 0 bridgehead atoms. The summed E-state index contributed by atoms with van der Waals surface area (Å²) >= 11 is 0. The second kappa shape index (κ2) is 6.51. The van der Waals surface area contributed by atoms with Crippen LogP contribution in [0.2, 0.25) is 0 Å². The molecule has 1 aromatic heterocycles. The van der Waals surface area contributed by atoms with E-state index in [2.05, 4.69) is 15.0 Å². The fraction of sp³-hybridized carbons (Fsp3) is 0.214. The molecule has 6 nitrogen and oxygen atoms in total. The molecule has 20 heavy (non-hydrogen) atoms. The molecule has 0 saturated carbocycles. The molecule has 0 fully saturated rings. The zero-order chi connectivity index (χ0) is 14.4. The van der Waals surface area contributed by atoms with Crippen molar-refractivity contribution in [2.24, 2.45) is 4.99 Å². The number of hydrogen-bond acceptors (Lipinski definition) is 4. The summed E-state index contributed by atoms with van der Waals surface area (Å²) in [6, 6.07) is 7.41. The second-order valence-corrected chi connectivity index (χ2v) is 4.10. The van der Waals surface area contributed by atoms with Crippen molar-refractivity contribution in [1.29, 1.82) is 0 Å². The number of ether oxygens (including phenoxy) is 1. The minimum absolute atomic E-state index is 0.134. The van der Waals surface area contributed by atoms with Crippen molar-refractivity contribution in [3.05, 3.63) is 56.9 Å². The molecule has 0 atom stereocenters. The average molecular weight is 273 g/mol. The van der Waals surface area contributed by atoms with E-state index in [1.807, 2.05) is 31.2 Å². The van der Waals surface area contributed by atoms with Gasteiger partial charge in [0.1, 0.15) is 11.4 Å². The van der Waals surface area contributed by atoms with Crippen LogP contribution < -0.4 is 16.0 Å². The van der Waals surface area contributed by atoms with E-state index in [0.717, 1.165) is 12.0 Å². The molecule has 1 aromatic carbocycles. The van der Waals surface area contributed by atoms with Crippen LogP contribution in [0.4, 0.5) is 5.69 Å². The summed E-state index contributed by atoms with van der Waals surface area (Å²) in [5.41, 5.74) is -0.181. The number of H-pyrrole nitrogens is 2. The van der Waals surface area contributed by atoms with Gasteiger partial charge in [-0.15, -0.1) is 0 Å². The molecule has 0 amide bonds. The first-order chi connectivity index (χ1) is 9.70. The second-order valence-electron chi connectivity index (χ2n) is 4.10. The molecule has 2 N–H and O–H groups in total. The van der Waals surface area contributed by atoms with Gasteiger partial charge in [-0.3, -0.25) is 9.78 Å². The van der Waals surface area contributed by atoms with Gasteiger partial charge in [0.25, 0.3) is 5.56 Å². The molecule has 104 valence electrons. The molecule has 1 heterocycles. The van der Waals surface area contributed by atoms with Crippen LogP contribution in [0.5, 0.6) is 5.75 Å². The van der Waals surface area contributed by atoms with Gasteiger partial charge < -0.3 is 9.72 Å². The van der Waals surface area contributed by atoms with Crippen LogP contribution in [-0.4, -0.2) is 22.8 Å². The third-order valence-corrected chi connectivity index (χ3v) is 2.52. The first-order valence-corrected chi connectivity index (χ1v) is 6.28. The first-order valence-electron chi connectivity index (χ1n) is 6.28. The zero-order valence-corrected chi connectivity index (χ0v) is 11.1. The number of aliphatic imine (C=N–C) groups is 1. The summed E-state index contributed by atoms with van der Waals surface area (Å²) in [6.45, 7) is 2.64. The van der Waals surface area contributed by atoms with Gasteiger partial charge in [0.05, 0.1) is 6.61 Å². The van der Waals surface area contributed by atoms with Crippen LogP contribution in [0.3, 0.4) is 0 Å². The number of nitrogens with one attached hydrogen (secondary N) is 2. The largest absolute Gasteiger partial charge is 0.493 e. The Morgan fingerprint density at radius 1 is 1.30 bits per heavy atom. The maximum atomic E-state index is 11.5. The number of benzene rings is 1. The molecular weight excluding hydrogens is 258 g/mol. The van der Waals surface area contributed by atoms with Crippen molar-refractivity contribution < 1.29 is 4.74 Å². The zero-order valence-electron chi connectivity index (χ0n) is 11.1. The van der Waals surface area contributed by atoms with Crippen LogP contribution in [0.25, 0.3) is 0 Å². The molecule has 0 aliphatic heterocycles. The SMILES string of the molecule is CCCOc1ccccc1C=Nc1c[nH]c(=O)[nH]c1=O. The highest BCUT2D eigenvalue weighted by Gasteiger charge is 2.01. The van der Waals surface area contributed by atoms with E-state index in [4.69, 9.17) is 4.74 Å². The van der Waals surface area contributed by atoms with Gasteiger partial charge in [-0.1, -0.05) is 19.1 Å². The Bertz CT molecular complexity index is 716. The topological polar surface area (TPSA) is 87.3 Å². The van der Waals surface area contributed by atoms with Crippen molar-refractivity contribution in [1.82, 2.24) is 9.97 Å². The molecule has 0 saturated heterocycles. The maximum Gasteiger partial charge on any atom is 0.325 e. The van der Waals surface area contributed by atoms with Crippen LogP contribution in [0.15, 0.2) is 45.0 Å². The normalized spacial score (nSPS) is 10.8. The quantitative estimate of drug-likeness (QED) is 0.811. The predicted octanol–water partition coefficient (Wildman–Crippen LogP) is 1.60. The van der Waals surface area contributed by atoms with E-state index < -0.39 is 11.2 Å². The van der Waals surface area contributed by atoms with Crippen molar-refractivity contribution in [3.63, 3.8) is 0 Å². The number of nitrogens with zero attached hydrogens (tertiary/aromatic N) is 1. The summed E-state index contributed by atoms with van der Waals surface area (Å²) < 4.78 is 5.59. The molecule has 6 heteroatoms. The minimum atomic E-state index is -0.555. The van der Waals surface area contributed by atoms with Crippen molar-refractivity contribution in [3.8, 4) is 5.75 Å². The van der Waals surface area contributed by atoms with Gasteiger partial charge in [0.15, 0.2) is 0 Å². The molecule has 0 aliphatic rings. The Hall–Kier alpha value is -2.63. The van der Waals surface area contributed by atoms with Crippen molar-refractivity contribution >= 4 is 11.9 Å². The summed E-state index contributed by atoms with van der Waals surface area (Å²) in [4.78, 5) is 31.0. The van der Waals surface area contributed by atoms with Crippen molar-refractivity contribution in [2.75, 3.05) is 6.61 Å². The summed E-state index contributed by atoms with van der Waals surface area (Å²) in [5.74, 6) is 0.707. The molecule has 0 aliphatic carbocycles. The van der Waals surface area contributed by atoms with Crippen LogP contribution in [0.1, 0.15) is 18.9 Å². The Labute approximate surface area is 115 Å². The number of para-hydroxylation sites is 1. The standard InChI is InChI=1S/C14H15N3O3/c1-2-7-20-12-6-4-3-5-10(12)8-15-11-9-16-14(19)17-13(11)18/h3-6,8-9H,2,7H2,1H3,(H2,16,17,18,19). The van der Waals surface area contributed by atoms with Crippen LogP contribution in [0, 0.1) is 0 Å². The fourth-order valence-corrected chi connectivity index (χ4v) is 1.57. The fourth-order valence-electron chi connectivity index (χ4n) is 1.57. The van der Waals surface area contributed by atoms with Gasteiger partial charge in [0, 0.05) is 18.0 Å². The predicted molar refractivity (Wildman–Crippen MR) is 77.2 cm³/mol. The van der Waals surface area contributed by atoms with Gasteiger partial charge in [-0.25, -0.2) is 9.79 Å². The van der Waals surface area contributed by atoms with E-state index >= 15 is 0 Å². The third kappa shape index (κ3) is 3.44. The lowest BCUT2D eigenvalue weighted by molar-refractivity contribution is 0.317. The third-order valence-electron chi connectivity index (χ3n) is 2.52. The smallest absolute Gasteiger partial charge is 0.325 e. The van der Waals surface area contributed by atoms with E-state index in [1.165, 1.54) is 12.4 Å². The lowest BCUT2D eigenvalue weighted by Gasteiger charge is -2.06. The Morgan fingerprint density at radius 2 is 2.10 bits per heavy atom. The highest BCUT2D eigenvalue weighted by molar-refractivity contribution is 5.85. The Kier molecular flexibility index (Phi) is 4.49. The highest BCUT2D eigenvalue weighted by atomic mass is 16.5. The number of aromatic amines is 2. The molecular formula is C14H15N3O3. The first kappa shape index (κ1) is 13.8. The van der Waals surface area contributed by atoms with Gasteiger partial charge >= 0.3 is 5.69 Å². The van der Waals surface area contributed by atoms with Crippen LogP contribution in [-0.2, 0) is 0 Å². The van der Waals surface area contributed by atoms with Crippen molar-refractivity contribution in [2.45, 2.75) is 13.3 Å².